The molecule has 1 aromatic carbocycles. The molecule has 0 bridgehead atoms. The Balaban J connectivity index is 1.87. The van der Waals surface area contributed by atoms with Gasteiger partial charge in [-0.3, -0.25) is 14.8 Å². The Hall–Kier alpha value is -2.21. The number of benzene rings is 1. The first-order valence-electron chi connectivity index (χ1n) is 5.80. The highest BCUT2D eigenvalue weighted by Gasteiger charge is 2.12. The van der Waals surface area contributed by atoms with E-state index in [1.54, 1.807) is 24.0 Å². The van der Waals surface area contributed by atoms with Crippen LogP contribution in [0.2, 0.25) is 0 Å². The van der Waals surface area contributed by atoms with Crippen LogP contribution >= 0.6 is 11.3 Å². The number of aromatic nitrogens is 3. The van der Waals surface area contributed by atoms with E-state index in [4.69, 9.17) is 0 Å². The standard InChI is InChI=1S/C13H12N4OS/c1-8-3-4-11-10(7-8)14-13(19-11)15-12(18)9-5-6-17(2)16-9/h3-7H,1-2H3,(H,14,15,18). The summed E-state index contributed by atoms with van der Waals surface area (Å²) in [5.41, 5.74) is 2.44. The monoisotopic (exact) mass is 272 g/mol. The molecular formula is C13H12N4OS. The van der Waals surface area contributed by atoms with Crippen LogP contribution in [-0.2, 0) is 7.05 Å². The second kappa shape index (κ2) is 4.47. The zero-order chi connectivity index (χ0) is 13.4. The molecular weight excluding hydrogens is 260 g/mol. The molecule has 0 unspecified atom stereocenters. The number of nitrogens with zero attached hydrogens (tertiary/aromatic N) is 3. The summed E-state index contributed by atoms with van der Waals surface area (Å²) in [6, 6.07) is 7.72. The van der Waals surface area contributed by atoms with Gasteiger partial charge < -0.3 is 0 Å². The molecule has 0 aliphatic carbocycles. The molecule has 96 valence electrons. The van der Waals surface area contributed by atoms with E-state index < -0.39 is 0 Å². The third-order valence-electron chi connectivity index (χ3n) is 2.71. The lowest BCUT2D eigenvalue weighted by molar-refractivity contribution is 0.102. The van der Waals surface area contributed by atoms with Gasteiger partial charge in [0.25, 0.3) is 5.91 Å². The fourth-order valence-electron chi connectivity index (χ4n) is 1.79. The summed E-state index contributed by atoms with van der Waals surface area (Å²) in [6.45, 7) is 2.02. The molecule has 0 fully saturated rings. The van der Waals surface area contributed by atoms with Crippen molar-refractivity contribution >= 4 is 32.6 Å². The first-order valence-corrected chi connectivity index (χ1v) is 6.62. The molecule has 2 aromatic heterocycles. The fraction of sp³-hybridized carbons (Fsp3) is 0.154. The second-order valence-corrected chi connectivity index (χ2v) is 5.35. The minimum Gasteiger partial charge on any atom is -0.296 e. The van der Waals surface area contributed by atoms with E-state index in [0.29, 0.717) is 10.8 Å². The quantitative estimate of drug-likeness (QED) is 0.780. The van der Waals surface area contributed by atoms with Crippen LogP contribution in [0.15, 0.2) is 30.5 Å². The van der Waals surface area contributed by atoms with Gasteiger partial charge >= 0.3 is 0 Å². The average molecular weight is 272 g/mol. The van der Waals surface area contributed by atoms with Crippen molar-refractivity contribution in [3.63, 3.8) is 0 Å². The molecule has 2 heterocycles. The highest BCUT2D eigenvalue weighted by atomic mass is 32.1. The van der Waals surface area contributed by atoms with Crippen molar-refractivity contribution < 1.29 is 4.79 Å². The summed E-state index contributed by atoms with van der Waals surface area (Å²) in [4.78, 5) is 16.3. The van der Waals surface area contributed by atoms with Gasteiger partial charge in [0.2, 0.25) is 0 Å². The maximum atomic E-state index is 12.0. The van der Waals surface area contributed by atoms with Gasteiger partial charge in [0.15, 0.2) is 10.8 Å². The molecule has 19 heavy (non-hydrogen) atoms. The topological polar surface area (TPSA) is 59.8 Å². The number of hydrogen-bond acceptors (Lipinski definition) is 4. The van der Waals surface area contributed by atoms with Gasteiger partial charge in [-0.25, -0.2) is 4.98 Å². The lowest BCUT2D eigenvalue weighted by atomic mass is 10.2. The van der Waals surface area contributed by atoms with Crippen LogP contribution in [-0.4, -0.2) is 20.7 Å². The van der Waals surface area contributed by atoms with Crippen molar-refractivity contribution in [2.75, 3.05) is 5.32 Å². The zero-order valence-corrected chi connectivity index (χ0v) is 11.4. The molecule has 0 atom stereocenters. The summed E-state index contributed by atoms with van der Waals surface area (Å²) in [5, 5.41) is 7.42. The van der Waals surface area contributed by atoms with Crippen molar-refractivity contribution in [1.29, 1.82) is 0 Å². The predicted octanol–water partition coefficient (Wildman–Crippen LogP) is 2.59. The first kappa shape index (κ1) is 11.9. The molecule has 1 N–H and O–H groups in total. The van der Waals surface area contributed by atoms with Crippen molar-refractivity contribution in [3.05, 3.63) is 41.7 Å². The number of fused-ring (bicyclic) bond motifs is 1. The molecule has 6 heteroatoms. The van der Waals surface area contributed by atoms with Gasteiger partial charge in [0.05, 0.1) is 10.2 Å². The predicted molar refractivity (Wildman–Crippen MR) is 75.5 cm³/mol. The van der Waals surface area contributed by atoms with E-state index in [1.807, 2.05) is 25.1 Å². The van der Waals surface area contributed by atoms with Gasteiger partial charge in [-0.2, -0.15) is 5.10 Å². The summed E-state index contributed by atoms with van der Waals surface area (Å²) >= 11 is 1.46. The second-order valence-electron chi connectivity index (χ2n) is 4.32. The fourth-order valence-corrected chi connectivity index (χ4v) is 2.63. The van der Waals surface area contributed by atoms with Gasteiger partial charge in [0, 0.05) is 13.2 Å². The van der Waals surface area contributed by atoms with Crippen LogP contribution in [0.4, 0.5) is 5.13 Å². The Morgan fingerprint density at radius 3 is 2.95 bits per heavy atom. The molecule has 0 saturated carbocycles. The van der Waals surface area contributed by atoms with Crippen LogP contribution in [0.3, 0.4) is 0 Å². The normalized spacial score (nSPS) is 10.8. The lowest BCUT2D eigenvalue weighted by Crippen LogP contribution is -2.12. The van der Waals surface area contributed by atoms with E-state index in [1.165, 1.54) is 11.3 Å². The van der Waals surface area contributed by atoms with Gasteiger partial charge in [-0.15, -0.1) is 0 Å². The van der Waals surface area contributed by atoms with Crippen molar-refractivity contribution in [1.82, 2.24) is 14.8 Å². The number of thiazole rings is 1. The average Bonchev–Trinajstić information content (AvgIpc) is 2.94. The van der Waals surface area contributed by atoms with Crippen molar-refractivity contribution in [2.45, 2.75) is 6.92 Å². The maximum Gasteiger partial charge on any atom is 0.277 e. The molecule has 3 rings (SSSR count). The van der Waals surface area contributed by atoms with Crippen LogP contribution in [0.25, 0.3) is 10.2 Å². The number of nitrogens with one attached hydrogen (secondary N) is 1. The highest BCUT2D eigenvalue weighted by Crippen LogP contribution is 2.26. The Labute approximate surface area is 113 Å². The maximum absolute atomic E-state index is 12.0. The zero-order valence-electron chi connectivity index (χ0n) is 10.5. The van der Waals surface area contributed by atoms with Crippen LogP contribution in [0, 0.1) is 6.92 Å². The summed E-state index contributed by atoms with van der Waals surface area (Å²) in [6.07, 6.45) is 1.73. The van der Waals surface area contributed by atoms with E-state index in [9.17, 15) is 4.79 Å². The number of amides is 1. The Morgan fingerprint density at radius 1 is 1.37 bits per heavy atom. The van der Waals surface area contributed by atoms with Crippen LogP contribution < -0.4 is 5.32 Å². The summed E-state index contributed by atoms with van der Waals surface area (Å²) in [5.74, 6) is -0.239. The number of carbonyl (C=O) groups excluding carboxylic acids is 1. The number of aryl methyl sites for hydroxylation is 2. The summed E-state index contributed by atoms with van der Waals surface area (Å²) < 4.78 is 2.65. The van der Waals surface area contributed by atoms with E-state index in [2.05, 4.69) is 15.4 Å². The Bertz CT molecular complexity index is 759. The van der Waals surface area contributed by atoms with E-state index in [-0.39, 0.29) is 5.91 Å². The molecule has 0 saturated heterocycles. The Kier molecular flexibility index (Phi) is 2.79. The third-order valence-corrected chi connectivity index (χ3v) is 3.66. The number of carbonyl (C=O) groups is 1. The number of hydrogen-bond donors (Lipinski definition) is 1. The largest absolute Gasteiger partial charge is 0.296 e. The van der Waals surface area contributed by atoms with Crippen molar-refractivity contribution in [3.8, 4) is 0 Å². The minimum atomic E-state index is -0.239. The van der Waals surface area contributed by atoms with Crippen LogP contribution in [0.5, 0.6) is 0 Å². The number of anilines is 1. The molecule has 5 nitrogen and oxygen atoms in total. The van der Waals surface area contributed by atoms with Gasteiger partial charge in [0.1, 0.15) is 0 Å². The smallest absolute Gasteiger partial charge is 0.277 e. The van der Waals surface area contributed by atoms with Crippen LogP contribution in [0.1, 0.15) is 16.1 Å². The van der Waals surface area contributed by atoms with Crippen molar-refractivity contribution in [2.24, 2.45) is 7.05 Å². The third kappa shape index (κ3) is 2.34. The number of rotatable bonds is 2. The van der Waals surface area contributed by atoms with Gasteiger partial charge in [-0.1, -0.05) is 17.4 Å². The Morgan fingerprint density at radius 2 is 2.21 bits per heavy atom. The minimum absolute atomic E-state index is 0.239. The lowest BCUT2D eigenvalue weighted by Gasteiger charge is -1.96. The molecule has 0 radical (unpaired) electrons. The molecule has 0 spiro atoms. The van der Waals surface area contributed by atoms with E-state index in [0.717, 1.165) is 15.8 Å². The van der Waals surface area contributed by atoms with E-state index >= 15 is 0 Å². The molecule has 3 aromatic rings. The molecule has 0 aliphatic rings. The molecule has 0 aliphatic heterocycles. The first-order chi connectivity index (χ1) is 9.11. The van der Waals surface area contributed by atoms with Gasteiger partial charge in [-0.05, 0) is 30.7 Å². The summed E-state index contributed by atoms with van der Waals surface area (Å²) in [7, 11) is 1.78. The molecule has 1 amide bonds. The SMILES string of the molecule is Cc1ccc2sc(NC(=O)c3ccn(C)n3)nc2c1. The highest BCUT2D eigenvalue weighted by molar-refractivity contribution is 7.22.